The lowest BCUT2D eigenvalue weighted by atomic mass is 10.1. The minimum atomic E-state index is -0.530. The molecule has 3 aromatic carbocycles. The van der Waals surface area contributed by atoms with Gasteiger partial charge in [0.05, 0.1) is 11.6 Å². The van der Waals surface area contributed by atoms with Crippen LogP contribution in [0.4, 0.5) is 5.69 Å². The van der Waals surface area contributed by atoms with Crippen LogP contribution in [0.5, 0.6) is 11.5 Å². The summed E-state index contributed by atoms with van der Waals surface area (Å²) in [7, 11) is 1.54. The lowest BCUT2D eigenvalue weighted by Crippen LogP contribution is -2.14. The normalized spacial score (nSPS) is 11.0. The van der Waals surface area contributed by atoms with Crippen LogP contribution < -0.4 is 14.8 Å². The van der Waals surface area contributed by atoms with Crippen LogP contribution in [-0.2, 0) is 11.4 Å². The van der Waals surface area contributed by atoms with E-state index >= 15 is 0 Å². The zero-order chi connectivity index (χ0) is 24.8. The SMILES string of the molecule is COc1cc(/C=C(\C#N)C(=O)Nc2cccc(Cl)c2C)cc(Br)c1OCc1ccc(C)c(C)c1. The highest BCUT2D eigenvalue weighted by Crippen LogP contribution is 2.38. The number of nitriles is 1. The molecule has 0 fully saturated rings. The second-order valence-corrected chi connectivity index (χ2v) is 9.04. The van der Waals surface area contributed by atoms with Crippen LogP contribution in [0.1, 0.15) is 27.8 Å². The Balaban J connectivity index is 1.83. The quantitative estimate of drug-likeness (QED) is 0.255. The number of nitrogens with one attached hydrogen (secondary N) is 1. The molecule has 0 atom stereocenters. The molecule has 0 aliphatic heterocycles. The summed E-state index contributed by atoms with van der Waals surface area (Å²) in [5.41, 5.74) is 5.29. The largest absolute Gasteiger partial charge is 0.493 e. The number of methoxy groups -OCH3 is 1. The zero-order valence-corrected chi connectivity index (χ0v) is 21.7. The van der Waals surface area contributed by atoms with E-state index in [0.717, 1.165) is 11.1 Å². The van der Waals surface area contributed by atoms with Gasteiger partial charge in [0.15, 0.2) is 11.5 Å². The maximum atomic E-state index is 12.7. The molecule has 0 aromatic heterocycles. The third-order valence-electron chi connectivity index (χ3n) is 5.40. The average Bonchev–Trinajstić information content (AvgIpc) is 2.81. The summed E-state index contributed by atoms with van der Waals surface area (Å²) in [5.74, 6) is 0.487. The standard InChI is InChI=1S/C27H24BrClN2O3/c1-16-8-9-19(10-17(16)2)15-34-26-22(28)12-20(13-25(26)33-4)11-21(14-30)27(32)31-24-7-5-6-23(29)18(24)3/h5-13H,15H2,1-4H3,(H,31,32)/b21-11+. The number of carbonyl (C=O) groups excluding carboxylic acids is 1. The molecule has 0 aliphatic carbocycles. The van der Waals surface area contributed by atoms with Crippen molar-refractivity contribution in [3.63, 3.8) is 0 Å². The van der Waals surface area contributed by atoms with Crippen molar-refractivity contribution in [2.24, 2.45) is 0 Å². The molecule has 0 bridgehead atoms. The van der Waals surface area contributed by atoms with Gasteiger partial charge >= 0.3 is 0 Å². The van der Waals surface area contributed by atoms with Crippen molar-refractivity contribution in [3.05, 3.63) is 91.4 Å². The minimum absolute atomic E-state index is 0.0582. The number of rotatable bonds is 7. The third-order valence-corrected chi connectivity index (χ3v) is 6.40. The van der Waals surface area contributed by atoms with Gasteiger partial charge in [0.1, 0.15) is 18.2 Å². The van der Waals surface area contributed by atoms with Crippen molar-refractivity contribution in [2.45, 2.75) is 27.4 Å². The van der Waals surface area contributed by atoms with Gasteiger partial charge < -0.3 is 14.8 Å². The van der Waals surface area contributed by atoms with Crippen molar-refractivity contribution in [1.82, 2.24) is 0 Å². The number of carbonyl (C=O) groups is 1. The van der Waals surface area contributed by atoms with Gasteiger partial charge in [-0.25, -0.2) is 0 Å². The van der Waals surface area contributed by atoms with Crippen LogP contribution in [0.25, 0.3) is 6.08 Å². The van der Waals surface area contributed by atoms with E-state index in [2.05, 4.69) is 47.2 Å². The molecule has 7 heteroatoms. The van der Waals surface area contributed by atoms with Crippen LogP contribution in [-0.4, -0.2) is 13.0 Å². The Labute approximate surface area is 213 Å². The first-order chi connectivity index (χ1) is 16.2. The number of anilines is 1. The average molecular weight is 540 g/mol. The zero-order valence-electron chi connectivity index (χ0n) is 19.3. The van der Waals surface area contributed by atoms with Crippen molar-refractivity contribution in [1.29, 1.82) is 5.26 Å². The van der Waals surface area contributed by atoms with E-state index in [-0.39, 0.29) is 5.57 Å². The topological polar surface area (TPSA) is 71.3 Å². The predicted octanol–water partition coefficient (Wildman–Crippen LogP) is 7.16. The first-order valence-electron chi connectivity index (χ1n) is 10.5. The van der Waals surface area contributed by atoms with Gasteiger partial charge in [0, 0.05) is 10.7 Å². The van der Waals surface area contributed by atoms with Gasteiger partial charge in [-0.2, -0.15) is 5.26 Å². The number of amides is 1. The number of hydrogen-bond acceptors (Lipinski definition) is 4. The van der Waals surface area contributed by atoms with Gasteiger partial charge in [-0.3, -0.25) is 4.79 Å². The van der Waals surface area contributed by atoms with Crippen molar-refractivity contribution < 1.29 is 14.3 Å². The van der Waals surface area contributed by atoms with Gasteiger partial charge in [-0.15, -0.1) is 0 Å². The maximum Gasteiger partial charge on any atom is 0.266 e. The molecular weight excluding hydrogens is 516 g/mol. The van der Waals surface area contributed by atoms with Crippen molar-refractivity contribution >= 4 is 45.2 Å². The molecule has 174 valence electrons. The van der Waals surface area contributed by atoms with E-state index in [1.54, 1.807) is 37.3 Å². The molecular formula is C27H24BrClN2O3. The van der Waals surface area contributed by atoms with E-state index in [0.29, 0.717) is 38.9 Å². The van der Waals surface area contributed by atoms with Gasteiger partial charge in [-0.05, 0) is 94.9 Å². The molecule has 0 spiro atoms. The first kappa shape index (κ1) is 25.4. The van der Waals surface area contributed by atoms with Gasteiger partial charge in [0.25, 0.3) is 5.91 Å². The number of hydrogen-bond donors (Lipinski definition) is 1. The van der Waals surface area contributed by atoms with E-state index < -0.39 is 5.91 Å². The monoisotopic (exact) mass is 538 g/mol. The van der Waals surface area contributed by atoms with Crippen LogP contribution >= 0.6 is 27.5 Å². The Bertz CT molecular complexity index is 1310. The number of aryl methyl sites for hydroxylation is 2. The fourth-order valence-electron chi connectivity index (χ4n) is 3.26. The number of nitrogens with zero attached hydrogens (tertiary/aromatic N) is 1. The van der Waals surface area contributed by atoms with Crippen molar-refractivity contribution in [3.8, 4) is 17.6 Å². The van der Waals surface area contributed by atoms with E-state index in [9.17, 15) is 10.1 Å². The van der Waals surface area contributed by atoms with Crippen LogP contribution in [0.2, 0.25) is 5.02 Å². The lowest BCUT2D eigenvalue weighted by Gasteiger charge is -2.14. The smallest absolute Gasteiger partial charge is 0.266 e. The predicted molar refractivity (Wildman–Crippen MR) is 139 cm³/mol. The van der Waals surface area contributed by atoms with E-state index in [4.69, 9.17) is 21.1 Å². The van der Waals surface area contributed by atoms with Gasteiger partial charge in [-0.1, -0.05) is 35.9 Å². The molecule has 0 radical (unpaired) electrons. The Morgan fingerprint density at radius 3 is 2.59 bits per heavy atom. The highest BCUT2D eigenvalue weighted by molar-refractivity contribution is 9.10. The summed E-state index contributed by atoms with van der Waals surface area (Å²) in [4.78, 5) is 12.7. The van der Waals surface area contributed by atoms with Crippen LogP contribution in [0.3, 0.4) is 0 Å². The highest BCUT2D eigenvalue weighted by atomic mass is 79.9. The third kappa shape index (κ3) is 5.99. The molecule has 1 N–H and O–H groups in total. The van der Waals surface area contributed by atoms with Crippen LogP contribution in [0, 0.1) is 32.1 Å². The second-order valence-electron chi connectivity index (χ2n) is 7.78. The Morgan fingerprint density at radius 2 is 1.91 bits per heavy atom. The van der Waals surface area contributed by atoms with Crippen LogP contribution in [0.15, 0.2) is 58.6 Å². The minimum Gasteiger partial charge on any atom is -0.493 e. The summed E-state index contributed by atoms with van der Waals surface area (Å²) >= 11 is 9.65. The molecule has 0 aliphatic rings. The molecule has 34 heavy (non-hydrogen) atoms. The summed E-state index contributed by atoms with van der Waals surface area (Å²) in [6.45, 7) is 6.30. The molecule has 5 nitrogen and oxygen atoms in total. The van der Waals surface area contributed by atoms with Crippen molar-refractivity contribution in [2.75, 3.05) is 12.4 Å². The van der Waals surface area contributed by atoms with Gasteiger partial charge in [0.2, 0.25) is 0 Å². The fourth-order valence-corrected chi connectivity index (χ4v) is 4.01. The highest BCUT2D eigenvalue weighted by Gasteiger charge is 2.15. The van der Waals surface area contributed by atoms with E-state index in [1.165, 1.54) is 24.3 Å². The second kappa shape index (κ2) is 11.2. The number of halogens is 2. The summed E-state index contributed by atoms with van der Waals surface area (Å²) in [6.07, 6.45) is 1.50. The molecule has 0 saturated heterocycles. The van der Waals surface area contributed by atoms with E-state index in [1.807, 2.05) is 12.1 Å². The molecule has 3 rings (SSSR count). The number of ether oxygens (including phenoxy) is 2. The lowest BCUT2D eigenvalue weighted by molar-refractivity contribution is -0.112. The molecule has 1 amide bonds. The fraction of sp³-hybridized carbons (Fsp3) is 0.185. The molecule has 3 aromatic rings. The summed E-state index contributed by atoms with van der Waals surface area (Å²) in [5, 5.41) is 12.9. The Hall–Kier alpha value is -3.27. The summed E-state index contributed by atoms with van der Waals surface area (Å²) < 4.78 is 12.2. The number of benzene rings is 3. The molecule has 0 saturated carbocycles. The molecule has 0 heterocycles. The first-order valence-corrected chi connectivity index (χ1v) is 11.6. The maximum absolute atomic E-state index is 12.7. The summed E-state index contributed by atoms with van der Waals surface area (Å²) in [6, 6.07) is 16.8. The molecule has 0 unspecified atom stereocenters. The Morgan fingerprint density at radius 1 is 1.15 bits per heavy atom. The Kier molecular flexibility index (Phi) is 8.38.